The van der Waals surface area contributed by atoms with Gasteiger partial charge in [-0.1, -0.05) is 80.6 Å². The molecule has 1 atom stereocenters. The average molecular weight is 337 g/mol. The van der Waals surface area contributed by atoms with E-state index in [1.165, 1.54) is 27.5 Å². The molecule has 1 unspecified atom stereocenters. The van der Waals surface area contributed by atoms with Gasteiger partial charge in [-0.25, -0.2) is 0 Å². The van der Waals surface area contributed by atoms with Crippen molar-refractivity contribution in [2.24, 2.45) is 0 Å². The minimum absolute atomic E-state index is 0.581. The van der Waals surface area contributed by atoms with Gasteiger partial charge in [-0.2, -0.15) is 0 Å². The van der Waals surface area contributed by atoms with Gasteiger partial charge >= 0.3 is 0 Å². The van der Waals surface area contributed by atoms with Crippen molar-refractivity contribution in [2.45, 2.75) is 26.2 Å². The molecule has 0 saturated carbocycles. The van der Waals surface area contributed by atoms with E-state index in [1.54, 1.807) is 0 Å². The van der Waals surface area contributed by atoms with Crippen molar-refractivity contribution in [2.75, 3.05) is 0 Å². The lowest BCUT2D eigenvalue weighted by molar-refractivity contribution is 0.735. The van der Waals surface area contributed by atoms with Crippen LogP contribution in [0.5, 0.6) is 0 Å². The fourth-order valence-electron chi connectivity index (χ4n) is 3.45. The lowest BCUT2D eigenvalue weighted by Gasteiger charge is -2.12. The SMILES string of the molecule is CCC(C)c1ccc2c(-c3cccc(-c4ccccc4)c3)nccc2c1. The molecule has 4 rings (SSSR count). The molecule has 26 heavy (non-hydrogen) atoms. The van der Waals surface area contributed by atoms with Crippen LogP contribution in [-0.4, -0.2) is 4.98 Å². The summed E-state index contributed by atoms with van der Waals surface area (Å²) in [5, 5.41) is 2.47. The fourth-order valence-corrected chi connectivity index (χ4v) is 3.45. The second-order valence-electron chi connectivity index (χ2n) is 6.90. The molecule has 0 amide bonds. The standard InChI is InChI=1S/C25H23N/c1-3-18(2)20-12-13-24-22(16-20)14-15-26-25(24)23-11-7-10-21(17-23)19-8-5-4-6-9-19/h4-18H,3H2,1-2H3. The van der Waals surface area contributed by atoms with E-state index in [0.29, 0.717) is 5.92 Å². The van der Waals surface area contributed by atoms with Gasteiger partial charge in [0.25, 0.3) is 0 Å². The van der Waals surface area contributed by atoms with Crippen LogP contribution in [0, 0.1) is 0 Å². The van der Waals surface area contributed by atoms with Crippen molar-refractivity contribution >= 4 is 10.8 Å². The van der Waals surface area contributed by atoms with Gasteiger partial charge in [0.2, 0.25) is 0 Å². The zero-order chi connectivity index (χ0) is 17.9. The van der Waals surface area contributed by atoms with Crippen LogP contribution < -0.4 is 0 Å². The molecule has 0 saturated heterocycles. The Hall–Kier alpha value is -2.93. The summed E-state index contributed by atoms with van der Waals surface area (Å²) in [6, 6.07) is 28.1. The summed E-state index contributed by atoms with van der Waals surface area (Å²) >= 11 is 0. The second-order valence-corrected chi connectivity index (χ2v) is 6.90. The van der Waals surface area contributed by atoms with Gasteiger partial charge in [-0.15, -0.1) is 0 Å². The first kappa shape index (κ1) is 16.5. The summed E-state index contributed by atoms with van der Waals surface area (Å²) in [6.45, 7) is 4.52. The monoisotopic (exact) mass is 337 g/mol. The lowest BCUT2D eigenvalue weighted by Crippen LogP contribution is -1.92. The molecule has 0 aliphatic heterocycles. The number of fused-ring (bicyclic) bond motifs is 1. The van der Waals surface area contributed by atoms with Gasteiger partial charge < -0.3 is 0 Å². The van der Waals surface area contributed by atoms with E-state index >= 15 is 0 Å². The molecular weight excluding hydrogens is 314 g/mol. The Labute approximate surface area is 155 Å². The molecule has 128 valence electrons. The molecule has 0 aliphatic carbocycles. The predicted octanol–water partition coefficient (Wildman–Crippen LogP) is 7.08. The van der Waals surface area contributed by atoms with E-state index in [-0.39, 0.29) is 0 Å². The number of pyridine rings is 1. The lowest BCUT2D eigenvalue weighted by atomic mass is 9.94. The Morgan fingerprint density at radius 1 is 0.769 bits per heavy atom. The minimum atomic E-state index is 0.581. The average Bonchev–Trinajstić information content (AvgIpc) is 2.73. The van der Waals surface area contributed by atoms with Crippen molar-refractivity contribution < 1.29 is 0 Å². The molecule has 0 radical (unpaired) electrons. The van der Waals surface area contributed by atoms with Gasteiger partial charge in [-0.05, 0) is 46.5 Å². The maximum atomic E-state index is 4.71. The Kier molecular flexibility index (Phi) is 4.53. The van der Waals surface area contributed by atoms with Crippen molar-refractivity contribution in [1.29, 1.82) is 0 Å². The number of rotatable bonds is 4. The molecule has 0 bridgehead atoms. The largest absolute Gasteiger partial charge is 0.256 e. The number of benzene rings is 3. The summed E-state index contributed by atoms with van der Waals surface area (Å²) < 4.78 is 0. The first-order chi connectivity index (χ1) is 12.8. The quantitative estimate of drug-likeness (QED) is 0.387. The summed E-state index contributed by atoms with van der Waals surface area (Å²) in [7, 11) is 0. The van der Waals surface area contributed by atoms with Crippen LogP contribution in [0.3, 0.4) is 0 Å². The highest BCUT2D eigenvalue weighted by atomic mass is 14.7. The fraction of sp³-hybridized carbons (Fsp3) is 0.160. The summed E-state index contributed by atoms with van der Waals surface area (Å²) in [5.74, 6) is 0.581. The van der Waals surface area contributed by atoms with E-state index in [9.17, 15) is 0 Å². The highest BCUT2D eigenvalue weighted by Crippen LogP contribution is 2.31. The minimum Gasteiger partial charge on any atom is -0.256 e. The Bertz CT molecular complexity index is 1030. The Morgan fingerprint density at radius 2 is 1.54 bits per heavy atom. The number of hydrogen-bond donors (Lipinski definition) is 0. The third-order valence-electron chi connectivity index (χ3n) is 5.21. The van der Waals surface area contributed by atoms with Crippen molar-refractivity contribution in [3.05, 3.63) is 90.6 Å². The van der Waals surface area contributed by atoms with Crippen LogP contribution in [0.25, 0.3) is 33.2 Å². The van der Waals surface area contributed by atoms with Crippen LogP contribution >= 0.6 is 0 Å². The van der Waals surface area contributed by atoms with E-state index in [2.05, 4.69) is 92.7 Å². The molecular formula is C25H23N. The van der Waals surface area contributed by atoms with Gasteiger partial charge in [0.1, 0.15) is 0 Å². The van der Waals surface area contributed by atoms with Gasteiger partial charge in [0.15, 0.2) is 0 Å². The topological polar surface area (TPSA) is 12.9 Å². The summed E-state index contributed by atoms with van der Waals surface area (Å²) in [5.41, 5.74) is 6.06. The molecule has 0 aliphatic rings. The highest BCUT2D eigenvalue weighted by molar-refractivity contribution is 5.95. The van der Waals surface area contributed by atoms with Crippen molar-refractivity contribution in [1.82, 2.24) is 4.98 Å². The molecule has 0 spiro atoms. The molecule has 1 aromatic heterocycles. The first-order valence-corrected chi connectivity index (χ1v) is 9.31. The van der Waals surface area contributed by atoms with E-state index in [0.717, 1.165) is 17.7 Å². The van der Waals surface area contributed by atoms with E-state index in [1.807, 2.05) is 6.20 Å². The number of nitrogens with zero attached hydrogens (tertiary/aromatic N) is 1. The van der Waals surface area contributed by atoms with Crippen LogP contribution in [0.2, 0.25) is 0 Å². The van der Waals surface area contributed by atoms with E-state index in [4.69, 9.17) is 4.98 Å². The smallest absolute Gasteiger partial charge is 0.0780 e. The van der Waals surface area contributed by atoms with Gasteiger partial charge in [0, 0.05) is 17.1 Å². The molecule has 1 heteroatoms. The Balaban J connectivity index is 1.82. The predicted molar refractivity (Wildman–Crippen MR) is 111 cm³/mol. The zero-order valence-electron chi connectivity index (χ0n) is 15.3. The van der Waals surface area contributed by atoms with Crippen molar-refractivity contribution in [3.8, 4) is 22.4 Å². The number of aromatic nitrogens is 1. The molecule has 0 fully saturated rings. The van der Waals surface area contributed by atoms with Crippen LogP contribution in [0.4, 0.5) is 0 Å². The maximum absolute atomic E-state index is 4.71. The number of hydrogen-bond acceptors (Lipinski definition) is 1. The second kappa shape index (κ2) is 7.13. The van der Waals surface area contributed by atoms with Gasteiger partial charge in [-0.3, -0.25) is 4.98 Å². The first-order valence-electron chi connectivity index (χ1n) is 9.31. The molecule has 1 nitrogen and oxygen atoms in total. The molecule has 0 N–H and O–H groups in total. The van der Waals surface area contributed by atoms with Crippen LogP contribution in [-0.2, 0) is 0 Å². The van der Waals surface area contributed by atoms with Crippen molar-refractivity contribution in [3.63, 3.8) is 0 Å². The summed E-state index contributed by atoms with van der Waals surface area (Å²) in [4.78, 5) is 4.71. The van der Waals surface area contributed by atoms with Crippen LogP contribution in [0.1, 0.15) is 31.7 Å². The summed E-state index contributed by atoms with van der Waals surface area (Å²) in [6.07, 6.45) is 3.08. The third kappa shape index (κ3) is 3.13. The Morgan fingerprint density at radius 3 is 2.35 bits per heavy atom. The van der Waals surface area contributed by atoms with Gasteiger partial charge in [0.05, 0.1) is 5.69 Å². The zero-order valence-corrected chi connectivity index (χ0v) is 15.3. The molecule has 1 heterocycles. The maximum Gasteiger partial charge on any atom is 0.0780 e. The normalized spacial score (nSPS) is 12.2. The highest BCUT2D eigenvalue weighted by Gasteiger charge is 2.09. The molecule has 4 aromatic rings. The molecule has 3 aromatic carbocycles. The van der Waals surface area contributed by atoms with E-state index < -0.39 is 0 Å². The van der Waals surface area contributed by atoms with Crippen LogP contribution in [0.15, 0.2) is 85.1 Å². The third-order valence-corrected chi connectivity index (χ3v) is 5.21.